The Morgan fingerprint density at radius 1 is 1.47 bits per heavy atom. The normalized spacial score (nSPS) is 12.5. The number of hydrogen-bond acceptors (Lipinski definition) is 3. The van der Waals surface area contributed by atoms with Crippen molar-refractivity contribution in [1.82, 2.24) is 0 Å². The Labute approximate surface area is 90.9 Å². The van der Waals surface area contributed by atoms with Gasteiger partial charge in [0.2, 0.25) is 0 Å². The van der Waals surface area contributed by atoms with E-state index in [1.54, 1.807) is 0 Å². The predicted molar refractivity (Wildman–Crippen MR) is 61.1 cm³/mol. The van der Waals surface area contributed by atoms with Gasteiger partial charge in [-0.2, -0.15) is 0 Å². The molecule has 0 aliphatic rings. The van der Waals surface area contributed by atoms with Gasteiger partial charge in [0.15, 0.2) is 0 Å². The summed E-state index contributed by atoms with van der Waals surface area (Å²) < 4.78 is 5.34. The van der Waals surface area contributed by atoms with E-state index in [0.29, 0.717) is 19.1 Å². The number of nitrogens with two attached hydrogens (primary N) is 1. The Morgan fingerprint density at radius 3 is 2.93 bits per heavy atom. The molecule has 3 N–H and O–H groups in total. The number of rotatable bonds is 6. The molecule has 1 aromatic carbocycles. The molecule has 1 aromatic rings. The van der Waals surface area contributed by atoms with Crippen molar-refractivity contribution in [2.75, 3.05) is 19.8 Å². The smallest absolute Gasteiger partial charge is 0.119 e. The molecule has 1 atom stereocenters. The second-order valence-electron chi connectivity index (χ2n) is 3.62. The first kappa shape index (κ1) is 12.0. The van der Waals surface area contributed by atoms with E-state index in [-0.39, 0.29) is 6.61 Å². The van der Waals surface area contributed by atoms with Crippen LogP contribution in [0, 0.1) is 0 Å². The molecule has 0 heterocycles. The molecule has 0 fully saturated rings. The van der Waals surface area contributed by atoms with Crippen molar-refractivity contribution in [1.29, 1.82) is 0 Å². The molecule has 0 radical (unpaired) electrons. The maximum absolute atomic E-state index is 8.65. The molecular formula is C12H19NO2. The van der Waals surface area contributed by atoms with E-state index >= 15 is 0 Å². The third-order valence-electron chi connectivity index (χ3n) is 2.39. The van der Waals surface area contributed by atoms with Crippen molar-refractivity contribution >= 4 is 0 Å². The van der Waals surface area contributed by atoms with E-state index in [1.807, 2.05) is 18.2 Å². The number of benzene rings is 1. The highest BCUT2D eigenvalue weighted by molar-refractivity contribution is 5.30. The van der Waals surface area contributed by atoms with Gasteiger partial charge in [-0.25, -0.2) is 0 Å². The first-order valence-electron chi connectivity index (χ1n) is 5.31. The summed E-state index contributed by atoms with van der Waals surface area (Å²) in [5.41, 5.74) is 6.75. The SMILES string of the molecule is CC(CCN)c1cccc(OCCO)c1. The van der Waals surface area contributed by atoms with E-state index in [2.05, 4.69) is 13.0 Å². The highest BCUT2D eigenvalue weighted by atomic mass is 16.5. The van der Waals surface area contributed by atoms with E-state index in [9.17, 15) is 0 Å². The molecule has 15 heavy (non-hydrogen) atoms. The maximum Gasteiger partial charge on any atom is 0.119 e. The Kier molecular flexibility index (Phi) is 5.15. The van der Waals surface area contributed by atoms with Crippen molar-refractivity contribution in [3.05, 3.63) is 29.8 Å². The molecular weight excluding hydrogens is 190 g/mol. The minimum atomic E-state index is 0.0442. The van der Waals surface area contributed by atoms with Gasteiger partial charge in [-0.15, -0.1) is 0 Å². The van der Waals surface area contributed by atoms with Crippen LogP contribution in [0.4, 0.5) is 0 Å². The molecule has 0 bridgehead atoms. The van der Waals surface area contributed by atoms with Crippen molar-refractivity contribution in [2.24, 2.45) is 5.73 Å². The van der Waals surface area contributed by atoms with Gasteiger partial charge in [-0.3, -0.25) is 0 Å². The highest BCUT2D eigenvalue weighted by Gasteiger charge is 2.05. The molecule has 0 saturated heterocycles. The first-order chi connectivity index (χ1) is 7.27. The largest absolute Gasteiger partial charge is 0.491 e. The van der Waals surface area contributed by atoms with E-state index in [1.165, 1.54) is 5.56 Å². The summed E-state index contributed by atoms with van der Waals surface area (Å²) in [5.74, 6) is 1.26. The van der Waals surface area contributed by atoms with Crippen LogP contribution in [0.2, 0.25) is 0 Å². The van der Waals surface area contributed by atoms with Crippen LogP contribution in [-0.2, 0) is 0 Å². The summed E-state index contributed by atoms with van der Waals surface area (Å²) in [5, 5.41) is 8.65. The Hall–Kier alpha value is -1.06. The zero-order valence-corrected chi connectivity index (χ0v) is 9.15. The van der Waals surface area contributed by atoms with Crippen LogP contribution in [0.25, 0.3) is 0 Å². The van der Waals surface area contributed by atoms with Crippen LogP contribution < -0.4 is 10.5 Å². The van der Waals surface area contributed by atoms with Gasteiger partial charge in [0.1, 0.15) is 12.4 Å². The summed E-state index contributed by atoms with van der Waals surface area (Å²) in [6.45, 7) is 3.23. The summed E-state index contributed by atoms with van der Waals surface area (Å²) in [6, 6.07) is 7.95. The van der Waals surface area contributed by atoms with E-state index in [0.717, 1.165) is 12.2 Å². The van der Waals surface area contributed by atoms with Crippen molar-refractivity contribution in [3.8, 4) is 5.75 Å². The lowest BCUT2D eigenvalue weighted by atomic mass is 9.98. The molecule has 0 saturated carbocycles. The average Bonchev–Trinajstić information content (AvgIpc) is 2.27. The van der Waals surface area contributed by atoms with Crippen LogP contribution in [0.3, 0.4) is 0 Å². The van der Waals surface area contributed by atoms with Crippen molar-refractivity contribution in [2.45, 2.75) is 19.3 Å². The summed E-state index contributed by atoms with van der Waals surface area (Å²) in [6.07, 6.45) is 0.976. The van der Waals surface area contributed by atoms with Gasteiger partial charge in [-0.05, 0) is 36.6 Å². The van der Waals surface area contributed by atoms with Crippen LogP contribution >= 0.6 is 0 Å². The zero-order valence-electron chi connectivity index (χ0n) is 9.15. The molecule has 1 unspecified atom stereocenters. The molecule has 1 rings (SSSR count). The number of aliphatic hydroxyl groups excluding tert-OH is 1. The molecule has 0 aliphatic heterocycles. The van der Waals surface area contributed by atoms with Crippen molar-refractivity contribution in [3.63, 3.8) is 0 Å². The monoisotopic (exact) mass is 209 g/mol. The van der Waals surface area contributed by atoms with Gasteiger partial charge in [-0.1, -0.05) is 19.1 Å². The summed E-state index contributed by atoms with van der Waals surface area (Å²) >= 11 is 0. The molecule has 3 nitrogen and oxygen atoms in total. The molecule has 0 aromatic heterocycles. The van der Waals surface area contributed by atoms with Crippen LogP contribution in [-0.4, -0.2) is 24.9 Å². The Morgan fingerprint density at radius 2 is 2.27 bits per heavy atom. The van der Waals surface area contributed by atoms with Gasteiger partial charge < -0.3 is 15.6 Å². The molecule has 0 spiro atoms. The topological polar surface area (TPSA) is 55.5 Å². The number of ether oxygens (including phenoxy) is 1. The minimum absolute atomic E-state index is 0.0442. The molecule has 0 aliphatic carbocycles. The van der Waals surface area contributed by atoms with E-state index < -0.39 is 0 Å². The molecule has 84 valence electrons. The van der Waals surface area contributed by atoms with Gasteiger partial charge >= 0.3 is 0 Å². The highest BCUT2D eigenvalue weighted by Crippen LogP contribution is 2.22. The third-order valence-corrected chi connectivity index (χ3v) is 2.39. The Bertz CT molecular complexity index is 289. The zero-order chi connectivity index (χ0) is 11.1. The standard InChI is InChI=1S/C12H19NO2/c1-10(5-6-13)11-3-2-4-12(9-11)15-8-7-14/h2-4,9-10,14H,5-8,13H2,1H3. The maximum atomic E-state index is 8.65. The second-order valence-corrected chi connectivity index (χ2v) is 3.62. The lowest BCUT2D eigenvalue weighted by molar-refractivity contribution is 0.201. The molecule has 3 heteroatoms. The fraction of sp³-hybridized carbons (Fsp3) is 0.500. The first-order valence-corrected chi connectivity index (χ1v) is 5.31. The third kappa shape index (κ3) is 3.90. The average molecular weight is 209 g/mol. The van der Waals surface area contributed by atoms with Gasteiger partial charge in [0.05, 0.1) is 6.61 Å². The quantitative estimate of drug-likeness (QED) is 0.746. The van der Waals surface area contributed by atoms with Gasteiger partial charge in [0, 0.05) is 0 Å². The summed E-state index contributed by atoms with van der Waals surface area (Å²) in [4.78, 5) is 0. The van der Waals surface area contributed by atoms with Crippen molar-refractivity contribution < 1.29 is 9.84 Å². The second kappa shape index (κ2) is 6.43. The Balaban J connectivity index is 2.64. The number of aliphatic hydroxyl groups is 1. The van der Waals surface area contributed by atoms with Crippen LogP contribution in [0.15, 0.2) is 24.3 Å². The lowest BCUT2D eigenvalue weighted by Gasteiger charge is -2.12. The molecule has 0 amide bonds. The predicted octanol–water partition coefficient (Wildman–Crippen LogP) is 1.51. The fourth-order valence-corrected chi connectivity index (χ4v) is 1.49. The van der Waals surface area contributed by atoms with Crippen LogP contribution in [0.1, 0.15) is 24.8 Å². The fourth-order valence-electron chi connectivity index (χ4n) is 1.49. The van der Waals surface area contributed by atoms with Crippen LogP contribution in [0.5, 0.6) is 5.75 Å². The lowest BCUT2D eigenvalue weighted by Crippen LogP contribution is -2.05. The van der Waals surface area contributed by atoms with Gasteiger partial charge in [0.25, 0.3) is 0 Å². The van der Waals surface area contributed by atoms with E-state index in [4.69, 9.17) is 15.6 Å². The summed E-state index contributed by atoms with van der Waals surface area (Å²) in [7, 11) is 0. The minimum Gasteiger partial charge on any atom is -0.491 e. The number of hydrogen-bond donors (Lipinski definition) is 2.